The van der Waals surface area contributed by atoms with Crippen molar-refractivity contribution in [2.75, 3.05) is 7.11 Å². The maximum absolute atomic E-state index is 12.8. The van der Waals surface area contributed by atoms with E-state index in [1.807, 2.05) is 6.07 Å². The van der Waals surface area contributed by atoms with Crippen LogP contribution in [0.2, 0.25) is 0 Å². The molecule has 9 nitrogen and oxygen atoms in total. The van der Waals surface area contributed by atoms with E-state index in [-0.39, 0.29) is 18.2 Å². The van der Waals surface area contributed by atoms with E-state index in [0.717, 1.165) is 16.7 Å². The van der Waals surface area contributed by atoms with Gasteiger partial charge in [-0.3, -0.25) is 9.59 Å². The molecule has 1 heterocycles. The standard InChI is InChI=1S/C25H26N4O5/c1-16(22(25(31)34-2)15-17-4-3-5-21(14-17)23(26)28-32)27-24(30)20-8-6-18(7-9-20)19-10-12-29(33)13-11-19/h3-14,16,22,32H,15H2,1-2H3,(H2,26,28)(H,27,30)/t16?,22-/m1/s1. The van der Waals surface area contributed by atoms with Crippen LogP contribution in [0.25, 0.3) is 11.1 Å². The Labute approximate surface area is 197 Å². The molecule has 1 amide bonds. The summed E-state index contributed by atoms with van der Waals surface area (Å²) in [5.74, 6) is -1.48. The van der Waals surface area contributed by atoms with E-state index < -0.39 is 17.9 Å². The van der Waals surface area contributed by atoms with Crippen LogP contribution in [-0.2, 0) is 16.0 Å². The number of hydrogen-bond donors (Lipinski definition) is 3. The molecule has 0 bridgehead atoms. The van der Waals surface area contributed by atoms with Crippen LogP contribution < -0.4 is 15.8 Å². The molecule has 176 valence electrons. The first-order chi connectivity index (χ1) is 16.3. The van der Waals surface area contributed by atoms with Crippen LogP contribution in [0.3, 0.4) is 0 Å². The first kappa shape index (κ1) is 24.2. The zero-order valence-electron chi connectivity index (χ0n) is 18.8. The smallest absolute Gasteiger partial charge is 0.311 e. The first-order valence-corrected chi connectivity index (χ1v) is 10.6. The van der Waals surface area contributed by atoms with Gasteiger partial charge in [-0.1, -0.05) is 35.5 Å². The van der Waals surface area contributed by atoms with E-state index in [1.165, 1.54) is 19.5 Å². The Bertz CT molecular complexity index is 1180. The molecule has 1 unspecified atom stereocenters. The fraction of sp³-hybridized carbons (Fsp3) is 0.200. The third-order valence-corrected chi connectivity index (χ3v) is 5.53. The van der Waals surface area contributed by atoms with Gasteiger partial charge in [0.25, 0.3) is 5.91 Å². The predicted molar refractivity (Wildman–Crippen MR) is 126 cm³/mol. The van der Waals surface area contributed by atoms with Crippen LogP contribution in [0.4, 0.5) is 0 Å². The van der Waals surface area contributed by atoms with E-state index >= 15 is 0 Å². The number of rotatable bonds is 8. The van der Waals surface area contributed by atoms with Gasteiger partial charge in [0.05, 0.1) is 13.0 Å². The van der Waals surface area contributed by atoms with Gasteiger partial charge in [-0.15, -0.1) is 0 Å². The molecule has 9 heteroatoms. The predicted octanol–water partition coefficient (Wildman–Crippen LogP) is 2.23. The molecular formula is C25H26N4O5. The summed E-state index contributed by atoms with van der Waals surface area (Å²) < 4.78 is 5.67. The van der Waals surface area contributed by atoms with Gasteiger partial charge in [0.15, 0.2) is 18.2 Å². The second-order valence-corrected chi connectivity index (χ2v) is 7.81. The lowest BCUT2D eigenvalue weighted by Gasteiger charge is -2.23. The normalized spacial score (nSPS) is 13.1. The van der Waals surface area contributed by atoms with Crippen LogP contribution in [0, 0.1) is 11.1 Å². The van der Waals surface area contributed by atoms with Gasteiger partial charge in [0.2, 0.25) is 0 Å². The molecule has 0 spiro atoms. The molecule has 4 N–H and O–H groups in total. The molecular weight excluding hydrogens is 436 g/mol. The number of ether oxygens (including phenoxy) is 1. The second kappa shape index (κ2) is 11.0. The zero-order valence-corrected chi connectivity index (χ0v) is 18.8. The van der Waals surface area contributed by atoms with Gasteiger partial charge in [0, 0.05) is 29.3 Å². The average molecular weight is 463 g/mol. The lowest BCUT2D eigenvalue weighted by Crippen LogP contribution is -2.42. The fourth-order valence-corrected chi connectivity index (χ4v) is 3.59. The lowest BCUT2D eigenvalue weighted by atomic mass is 9.92. The third-order valence-electron chi connectivity index (χ3n) is 5.53. The molecule has 3 rings (SSSR count). The molecule has 0 saturated carbocycles. The van der Waals surface area contributed by atoms with Gasteiger partial charge in [0.1, 0.15) is 0 Å². The number of pyridine rings is 1. The average Bonchev–Trinajstić information content (AvgIpc) is 2.87. The number of methoxy groups -OCH3 is 1. The Balaban J connectivity index is 1.72. The van der Waals surface area contributed by atoms with Gasteiger partial charge in [-0.05, 0) is 48.2 Å². The van der Waals surface area contributed by atoms with Crippen molar-refractivity contribution >= 4 is 17.7 Å². The van der Waals surface area contributed by atoms with E-state index in [0.29, 0.717) is 15.9 Å². The summed E-state index contributed by atoms with van der Waals surface area (Å²) >= 11 is 0. The number of nitrogens with zero attached hydrogens (tertiary/aromatic N) is 2. The molecule has 0 aliphatic carbocycles. The topological polar surface area (TPSA) is 141 Å². The highest BCUT2D eigenvalue weighted by Crippen LogP contribution is 2.20. The molecule has 34 heavy (non-hydrogen) atoms. The van der Waals surface area contributed by atoms with Crippen molar-refractivity contribution in [1.29, 1.82) is 0 Å². The Kier molecular flexibility index (Phi) is 7.81. The van der Waals surface area contributed by atoms with Crippen molar-refractivity contribution in [1.82, 2.24) is 5.32 Å². The Morgan fingerprint density at radius 2 is 1.74 bits per heavy atom. The van der Waals surface area contributed by atoms with Crippen LogP contribution in [0.5, 0.6) is 0 Å². The Morgan fingerprint density at radius 1 is 1.09 bits per heavy atom. The molecule has 2 aromatic carbocycles. The summed E-state index contributed by atoms with van der Waals surface area (Å²) in [5.41, 5.74) is 9.10. The number of nitrogens with two attached hydrogens (primary N) is 1. The summed E-state index contributed by atoms with van der Waals surface area (Å²) in [6.45, 7) is 1.74. The zero-order chi connectivity index (χ0) is 24.7. The Morgan fingerprint density at radius 3 is 2.35 bits per heavy atom. The van der Waals surface area contributed by atoms with Crippen LogP contribution in [-0.4, -0.2) is 36.1 Å². The number of benzene rings is 2. The van der Waals surface area contributed by atoms with Crippen LogP contribution >= 0.6 is 0 Å². The number of aromatic nitrogens is 1. The van der Waals surface area contributed by atoms with Crippen molar-refractivity contribution in [2.24, 2.45) is 16.8 Å². The van der Waals surface area contributed by atoms with Crippen molar-refractivity contribution in [2.45, 2.75) is 19.4 Å². The number of carbonyl (C=O) groups is 2. The molecule has 2 atom stereocenters. The third kappa shape index (κ3) is 5.89. The van der Waals surface area contributed by atoms with Crippen LogP contribution in [0.15, 0.2) is 78.2 Å². The number of oxime groups is 1. The minimum absolute atomic E-state index is 0.0380. The minimum atomic E-state index is -0.654. The number of carbonyl (C=O) groups excluding carboxylic acids is 2. The summed E-state index contributed by atoms with van der Waals surface area (Å²) in [4.78, 5) is 25.3. The molecule has 0 aliphatic rings. The van der Waals surface area contributed by atoms with Gasteiger partial charge in [-0.25, -0.2) is 0 Å². The van der Waals surface area contributed by atoms with Gasteiger partial charge >= 0.3 is 5.97 Å². The van der Waals surface area contributed by atoms with Gasteiger partial charge < -0.3 is 26.2 Å². The molecule has 0 fully saturated rings. The summed E-state index contributed by atoms with van der Waals surface area (Å²) in [7, 11) is 1.30. The monoisotopic (exact) mass is 462 g/mol. The van der Waals surface area contributed by atoms with E-state index in [1.54, 1.807) is 61.5 Å². The maximum atomic E-state index is 12.8. The molecule has 1 aromatic heterocycles. The van der Waals surface area contributed by atoms with Crippen molar-refractivity contribution < 1.29 is 24.3 Å². The van der Waals surface area contributed by atoms with Crippen molar-refractivity contribution in [3.05, 3.63) is 95.0 Å². The second-order valence-electron chi connectivity index (χ2n) is 7.81. The summed E-state index contributed by atoms with van der Waals surface area (Å²) in [6, 6.07) is 16.8. The summed E-state index contributed by atoms with van der Waals surface area (Å²) in [6.07, 6.45) is 3.10. The summed E-state index contributed by atoms with van der Waals surface area (Å²) in [5, 5.41) is 26.0. The SMILES string of the molecule is COC(=O)[C@H](Cc1cccc(C(N)=NO)c1)C(C)NC(=O)c1ccc(-c2cc[n+]([O-])cc2)cc1. The van der Waals surface area contributed by atoms with E-state index in [2.05, 4.69) is 10.5 Å². The number of amides is 1. The Hall–Kier alpha value is -4.40. The molecule has 0 aliphatic heterocycles. The highest BCUT2D eigenvalue weighted by atomic mass is 16.5. The fourth-order valence-electron chi connectivity index (χ4n) is 3.59. The van der Waals surface area contributed by atoms with E-state index in [9.17, 15) is 14.8 Å². The van der Waals surface area contributed by atoms with Crippen molar-refractivity contribution in [3.63, 3.8) is 0 Å². The maximum Gasteiger partial charge on any atom is 0.311 e. The quantitative estimate of drug-likeness (QED) is 0.0892. The van der Waals surface area contributed by atoms with Crippen LogP contribution in [0.1, 0.15) is 28.4 Å². The van der Waals surface area contributed by atoms with Crippen molar-refractivity contribution in [3.8, 4) is 11.1 Å². The number of esters is 1. The first-order valence-electron chi connectivity index (χ1n) is 10.6. The minimum Gasteiger partial charge on any atom is -0.619 e. The van der Waals surface area contributed by atoms with Gasteiger partial charge in [-0.2, -0.15) is 4.73 Å². The number of nitrogens with one attached hydrogen (secondary N) is 1. The molecule has 0 saturated heterocycles. The number of hydrogen-bond acceptors (Lipinski definition) is 6. The number of amidine groups is 1. The highest BCUT2D eigenvalue weighted by Gasteiger charge is 2.28. The lowest BCUT2D eigenvalue weighted by molar-refractivity contribution is -0.605. The van der Waals surface area contributed by atoms with E-state index in [4.69, 9.17) is 15.7 Å². The molecule has 3 aromatic rings. The molecule has 0 radical (unpaired) electrons. The largest absolute Gasteiger partial charge is 0.619 e. The highest BCUT2D eigenvalue weighted by molar-refractivity contribution is 5.97.